The van der Waals surface area contributed by atoms with Gasteiger partial charge in [-0.05, 0) is 25.8 Å². The van der Waals surface area contributed by atoms with E-state index in [0.717, 1.165) is 17.0 Å². The molecule has 0 N–H and O–H groups in total. The third-order valence-electron chi connectivity index (χ3n) is 2.41. The minimum absolute atomic E-state index is 0.526. The lowest BCUT2D eigenvalue weighted by Crippen LogP contribution is -1.88. The van der Waals surface area contributed by atoms with Gasteiger partial charge in [0, 0.05) is 5.56 Å². The molecule has 0 aliphatic rings. The number of hydrogen-bond acceptors (Lipinski definition) is 2. The quantitative estimate of drug-likeness (QED) is 0.728. The second kappa shape index (κ2) is 4.27. The highest BCUT2D eigenvalue weighted by molar-refractivity contribution is 5.63. The summed E-state index contributed by atoms with van der Waals surface area (Å²) in [7, 11) is 0. The molecule has 2 heteroatoms. The van der Waals surface area contributed by atoms with Gasteiger partial charge in [-0.2, -0.15) is 0 Å². The van der Waals surface area contributed by atoms with Crippen molar-refractivity contribution >= 4 is 12.2 Å². The highest BCUT2D eigenvalue weighted by Crippen LogP contribution is 2.20. The fraction of sp³-hybridized carbons (Fsp3) is 0.417. The summed E-state index contributed by atoms with van der Waals surface area (Å²) < 4.78 is 5.21. The van der Waals surface area contributed by atoms with Gasteiger partial charge >= 0.3 is 0 Å². The van der Waals surface area contributed by atoms with Crippen molar-refractivity contribution in [1.82, 2.24) is 5.16 Å². The molecule has 0 unspecified atom stereocenters. The summed E-state index contributed by atoms with van der Waals surface area (Å²) in [6.45, 7) is 12.1. The monoisotopic (exact) mass is 191 g/mol. The number of aromatic nitrogens is 1. The third kappa shape index (κ3) is 2.13. The number of aryl methyl sites for hydroxylation is 1. The molecule has 0 aromatic carbocycles. The summed E-state index contributed by atoms with van der Waals surface area (Å²) in [5.74, 6) is 1.33. The average Bonchev–Trinajstić information content (AvgIpc) is 2.46. The van der Waals surface area contributed by atoms with Gasteiger partial charge in [-0.15, -0.1) is 0 Å². The lowest BCUT2D eigenvalue weighted by molar-refractivity contribution is 0.407. The first kappa shape index (κ1) is 10.8. The summed E-state index contributed by atoms with van der Waals surface area (Å²) in [5, 5.41) is 3.91. The Morgan fingerprint density at radius 2 is 2.14 bits per heavy atom. The summed E-state index contributed by atoms with van der Waals surface area (Å²) >= 11 is 0. The van der Waals surface area contributed by atoms with E-state index in [1.165, 1.54) is 5.57 Å². The average molecular weight is 191 g/mol. The van der Waals surface area contributed by atoms with Crippen LogP contribution in [0.5, 0.6) is 0 Å². The molecule has 0 aliphatic carbocycles. The molecule has 76 valence electrons. The normalized spacial score (nSPS) is 12.2. The number of rotatable bonds is 3. The number of nitrogens with zero attached hydrogens (tertiary/aromatic N) is 1. The van der Waals surface area contributed by atoms with E-state index in [-0.39, 0.29) is 0 Å². The first-order chi connectivity index (χ1) is 6.56. The standard InChI is InChI=1S/C12H17NO/c1-6-11-10(5)13-14-12(11)7-9(4)8(2)3/h6-8H,1H2,2-5H3/b9-7+. The van der Waals surface area contributed by atoms with Crippen molar-refractivity contribution in [1.29, 1.82) is 0 Å². The van der Waals surface area contributed by atoms with Gasteiger partial charge in [-0.1, -0.05) is 37.2 Å². The zero-order valence-corrected chi connectivity index (χ0v) is 9.29. The minimum atomic E-state index is 0.526. The fourth-order valence-electron chi connectivity index (χ4n) is 1.12. The van der Waals surface area contributed by atoms with Crippen LogP contribution in [-0.2, 0) is 0 Å². The Balaban J connectivity index is 3.08. The molecule has 0 saturated carbocycles. The maximum Gasteiger partial charge on any atom is 0.167 e. The molecule has 0 spiro atoms. The summed E-state index contributed by atoms with van der Waals surface area (Å²) in [4.78, 5) is 0. The van der Waals surface area contributed by atoms with Crippen LogP contribution in [0, 0.1) is 12.8 Å². The predicted octanol–water partition coefficient (Wildman–Crippen LogP) is 3.69. The van der Waals surface area contributed by atoms with Crippen LogP contribution in [0.1, 0.15) is 37.8 Å². The molecule has 0 fully saturated rings. The van der Waals surface area contributed by atoms with Gasteiger partial charge in [0.1, 0.15) is 0 Å². The zero-order chi connectivity index (χ0) is 10.7. The van der Waals surface area contributed by atoms with Crippen LogP contribution in [0.4, 0.5) is 0 Å². The van der Waals surface area contributed by atoms with E-state index in [4.69, 9.17) is 4.52 Å². The molecule has 0 bridgehead atoms. The molecule has 1 aromatic heterocycles. The van der Waals surface area contributed by atoms with E-state index >= 15 is 0 Å². The Hall–Kier alpha value is -1.31. The van der Waals surface area contributed by atoms with Gasteiger partial charge in [0.25, 0.3) is 0 Å². The maximum absolute atomic E-state index is 5.21. The summed E-state index contributed by atoms with van der Waals surface area (Å²) in [6.07, 6.45) is 3.81. The molecule has 1 heterocycles. The first-order valence-corrected chi connectivity index (χ1v) is 4.83. The van der Waals surface area contributed by atoms with Crippen LogP contribution >= 0.6 is 0 Å². The second-order valence-electron chi connectivity index (χ2n) is 3.79. The second-order valence-corrected chi connectivity index (χ2v) is 3.79. The van der Waals surface area contributed by atoms with Gasteiger partial charge in [-0.3, -0.25) is 0 Å². The molecular formula is C12H17NO. The van der Waals surface area contributed by atoms with Crippen molar-refractivity contribution in [3.63, 3.8) is 0 Å². The SMILES string of the molecule is C=Cc1c(C)noc1/C=C(\C)C(C)C. The molecule has 1 rings (SSSR count). The van der Waals surface area contributed by atoms with E-state index in [9.17, 15) is 0 Å². The van der Waals surface area contributed by atoms with Crippen LogP contribution in [-0.4, -0.2) is 5.16 Å². The molecule has 14 heavy (non-hydrogen) atoms. The van der Waals surface area contributed by atoms with Crippen LogP contribution in [0.3, 0.4) is 0 Å². The Morgan fingerprint density at radius 3 is 2.64 bits per heavy atom. The van der Waals surface area contributed by atoms with Crippen molar-refractivity contribution in [3.05, 3.63) is 29.2 Å². The first-order valence-electron chi connectivity index (χ1n) is 4.83. The van der Waals surface area contributed by atoms with Crippen LogP contribution in [0.15, 0.2) is 16.7 Å². The molecular weight excluding hydrogens is 174 g/mol. The number of hydrogen-bond donors (Lipinski definition) is 0. The van der Waals surface area contributed by atoms with Gasteiger partial charge in [0.15, 0.2) is 5.76 Å². The van der Waals surface area contributed by atoms with Gasteiger partial charge in [-0.25, -0.2) is 0 Å². The lowest BCUT2D eigenvalue weighted by Gasteiger charge is -2.02. The molecule has 0 aliphatic heterocycles. The third-order valence-corrected chi connectivity index (χ3v) is 2.41. The molecule has 0 atom stereocenters. The molecule has 2 nitrogen and oxygen atoms in total. The summed E-state index contributed by atoms with van der Waals surface area (Å²) in [5.41, 5.74) is 3.16. The van der Waals surface area contributed by atoms with Crippen LogP contribution in [0.25, 0.3) is 12.2 Å². The Bertz CT molecular complexity index is 358. The minimum Gasteiger partial charge on any atom is -0.356 e. The zero-order valence-electron chi connectivity index (χ0n) is 9.29. The molecule has 1 aromatic rings. The Morgan fingerprint density at radius 1 is 1.50 bits per heavy atom. The van der Waals surface area contributed by atoms with E-state index < -0.39 is 0 Å². The summed E-state index contributed by atoms with van der Waals surface area (Å²) in [6, 6.07) is 0. The van der Waals surface area contributed by atoms with Gasteiger partial charge in [0.2, 0.25) is 0 Å². The topological polar surface area (TPSA) is 26.0 Å². The lowest BCUT2D eigenvalue weighted by atomic mass is 10.0. The molecule has 0 radical (unpaired) electrons. The van der Waals surface area contributed by atoms with Crippen LogP contribution < -0.4 is 0 Å². The van der Waals surface area contributed by atoms with Crippen molar-refractivity contribution in [2.24, 2.45) is 5.92 Å². The highest BCUT2D eigenvalue weighted by atomic mass is 16.5. The number of allylic oxidation sites excluding steroid dienone is 1. The predicted molar refractivity (Wildman–Crippen MR) is 59.8 cm³/mol. The van der Waals surface area contributed by atoms with E-state index in [1.807, 2.05) is 13.0 Å². The molecule has 0 saturated heterocycles. The molecule has 0 amide bonds. The van der Waals surface area contributed by atoms with E-state index in [2.05, 4.69) is 32.5 Å². The van der Waals surface area contributed by atoms with Crippen molar-refractivity contribution in [2.75, 3.05) is 0 Å². The van der Waals surface area contributed by atoms with E-state index in [0.29, 0.717) is 5.92 Å². The largest absolute Gasteiger partial charge is 0.356 e. The van der Waals surface area contributed by atoms with Crippen molar-refractivity contribution in [2.45, 2.75) is 27.7 Å². The Kier molecular flexibility index (Phi) is 3.28. The smallest absolute Gasteiger partial charge is 0.167 e. The highest BCUT2D eigenvalue weighted by Gasteiger charge is 2.08. The van der Waals surface area contributed by atoms with E-state index in [1.54, 1.807) is 6.08 Å². The van der Waals surface area contributed by atoms with Crippen LogP contribution in [0.2, 0.25) is 0 Å². The van der Waals surface area contributed by atoms with Crippen molar-refractivity contribution in [3.8, 4) is 0 Å². The fourth-order valence-corrected chi connectivity index (χ4v) is 1.12. The van der Waals surface area contributed by atoms with Gasteiger partial charge in [0.05, 0.1) is 5.69 Å². The van der Waals surface area contributed by atoms with Gasteiger partial charge < -0.3 is 4.52 Å². The Labute approximate surface area is 85.3 Å². The maximum atomic E-state index is 5.21. The van der Waals surface area contributed by atoms with Crippen molar-refractivity contribution < 1.29 is 4.52 Å².